The molecule has 3 aromatic heterocycles. The Balaban J connectivity index is 1.60. The normalized spacial score (nSPS) is 17.8. The third kappa shape index (κ3) is 2.96. The number of aromatic nitrogens is 5. The van der Waals surface area contributed by atoms with Gasteiger partial charge in [0.2, 0.25) is 0 Å². The van der Waals surface area contributed by atoms with Crippen LogP contribution < -0.4 is 10.5 Å². The second-order valence-corrected chi connectivity index (χ2v) is 8.33. The topological polar surface area (TPSA) is 105 Å². The zero-order valence-corrected chi connectivity index (χ0v) is 17.5. The SMILES string of the molecule is C[C@H]1Oc2cc(cnc2N)-c2c(C3CCC3)noc2Cn2ncnc2-c2ccc(F)cc21. The smallest absolute Gasteiger partial charge is 0.166 e. The summed E-state index contributed by atoms with van der Waals surface area (Å²) >= 11 is 0. The molecular formula is C23H21FN6O2. The molecule has 162 valence electrons. The molecule has 9 heteroatoms. The van der Waals surface area contributed by atoms with E-state index in [1.165, 1.54) is 24.9 Å². The Bertz CT molecular complexity index is 1330. The van der Waals surface area contributed by atoms with Gasteiger partial charge < -0.3 is 15.0 Å². The van der Waals surface area contributed by atoms with E-state index >= 15 is 0 Å². The van der Waals surface area contributed by atoms with Gasteiger partial charge in [-0.3, -0.25) is 0 Å². The highest BCUT2D eigenvalue weighted by Gasteiger charge is 2.31. The van der Waals surface area contributed by atoms with E-state index in [9.17, 15) is 4.39 Å². The van der Waals surface area contributed by atoms with E-state index in [1.807, 2.05) is 13.0 Å². The number of fused-ring (bicyclic) bond motifs is 7. The molecule has 8 nitrogen and oxygen atoms in total. The molecule has 1 saturated carbocycles. The summed E-state index contributed by atoms with van der Waals surface area (Å²) in [6.45, 7) is 2.18. The molecule has 1 aliphatic heterocycles. The van der Waals surface area contributed by atoms with E-state index in [-0.39, 0.29) is 11.6 Å². The van der Waals surface area contributed by atoms with Crippen molar-refractivity contribution in [2.75, 3.05) is 5.73 Å². The van der Waals surface area contributed by atoms with Gasteiger partial charge in [-0.05, 0) is 44.0 Å². The first-order chi connectivity index (χ1) is 15.6. The third-order valence-corrected chi connectivity index (χ3v) is 6.36. The zero-order chi connectivity index (χ0) is 21.8. The lowest BCUT2D eigenvalue weighted by Crippen LogP contribution is -2.13. The Morgan fingerprint density at radius 2 is 2.06 bits per heavy atom. The fourth-order valence-corrected chi connectivity index (χ4v) is 4.45. The number of hydrogen-bond acceptors (Lipinski definition) is 7. The molecule has 2 aliphatic rings. The number of anilines is 1. The van der Waals surface area contributed by atoms with Crippen LogP contribution in [-0.2, 0) is 6.54 Å². The van der Waals surface area contributed by atoms with Crippen molar-refractivity contribution in [1.29, 1.82) is 0 Å². The van der Waals surface area contributed by atoms with E-state index in [0.717, 1.165) is 35.2 Å². The maximum Gasteiger partial charge on any atom is 0.166 e. The van der Waals surface area contributed by atoms with Gasteiger partial charge in [-0.2, -0.15) is 5.10 Å². The van der Waals surface area contributed by atoms with E-state index in [1.54, 1.807) is 16.9 Å². The number of halogens is 1. The minimum atomic E-state index is -0.502. The fourth-order valence-electron chi connectivity index (χ4n) is 4.45. The molecule has 0 unspecified atom stereocenters. The van der Waals surface area contributed by atoms with Crippen LogP contribution in [0.5, 0.6) is 5.75 Å². The number of pyridine rings is 1. The van der Waals surface area contributed by atoms with E-state index in [4.69, 9.17) is 15.0 Å². The maximum atomic E-state index is 14.2. The highest BCUT2D eigenvalue weighted by Crippen LogP contribution is 2.44. The Hall–Kier alpha value is -3.75. The molecule has 0 spiro atoms. The summed E-state index contributed by atoms with van der Waals surface area (Å²) in [6.07, 6.45) is 6.03. The monoisotopic (exact) mass is 432 g/mol. The van der Waals surface area contributed by atoms with E-state index in [0.29, 0.717) is 35.4 Å². The van der Waals surface area contributed by atoms with Crippen LogP contribution in [0, 0.1) is 5.82 Å². The van der Waals surface area contributed by atoms with E-state index < -0.39 is 6.10 Å². The lowest BCUT2D eigenvalue weighted by Gasteiger charge is -2.24. The largest absolute Gasteiger partial charge is 0.482 e. The van der Waals surface area contributed by atoms with Crippen molar-refractivity contribution in [3.63, 3.8) is 0 Å². The molecule has 0 saturated heterocycles. The molecule has 2 N–H and O–H groups in total. The molecule has 2 bridgehead atoms. The summed E-state index contributed by atoms with van der Waals surface area (Å²) in [6, 6.07) is 6.41. The summed E-state index contributed by atoms with van der Waals surface area (Å²) in [5, 5.41) is 8.84. The van der Waals surface area contributed by atoms with Gasteiger partial charge in [-0.1, -0.05) is 11.6 Å². The maximum absolute atomic E-state index is 14.2. The van der Waals surface area contributed by atoms with Gasteiger partial charge in [0, 0.05) is 28.8 Å². The van der Waals surface area contributed by atoms with Crippen LogP contribution in [0.2, 0.25) is 0 Å². The predicted molar refractivity (Wildman–Crippen MR) is 114 cm³/mol. The molecule has 4 heterocycles. The van der Waals surface area contributed by atoms with Gasteiger partial charge in [-0.25, -0.2) is 19.0 Å². The molecular weight excluding hydrogens is 411 g/mol. The molecule has 1 aliphatic carbocycles. The second-order valence-electron chi connectivity index (χ2n) is 8.33. The van der Waals surface area contributed by atoms with Gasteiger partial charge in [0.25, 0.3) is 0 Å². The zero-order valence-electron chi connectivity index (χ0n) is 17.5. The second kappa shape index (κ2) is 7.15. The number of nitrogen functional groups attached to an aromatic ring is 1. The summed E-state index contributed by atoms with van der Waals surface area (Å²) in [5.41, 5.74) is 10.2. The Morgan fingerprint density at radius 3 is 2.88 bits per heavy atom. The molecule has 1 fully saturated rings. The van der Waals surface area contributed by atoms with Crippen LogP contribution in [0.25, 0.3) is 22.5 Å². The van der Waals surface area contributed by atoms with Gasteiger partial charge in [-0.15, -0.1) is 0 Å². The van der Waals surface area contributed by atoms with Gasteiger partial charge in [0.15, 0.2) is 23.2 Å². The van der Waals surface area contributed by atoms with Crippen LogP contribution in [0.15, 0.2) is 41.3 Å². The fraction of sp³-hybridized carbons (Fsp3) is 0.304. The molecule has 1 aromatic carbocycles. The molecule has 0 radical (unpaired) electrons. The Labute approximate surface area is 183 Å². The van der Waals surface area contributed by atoms with Crippen molar-refractivity contribution in [2.45, 2.75) is 44.8 Å². The van der Waals surface area contributed by atoms with Crippen molar-refractivity contribution in [2.24, 2.45) is 0 Å². The van der Waals surface area contributed by atoms with Gasteiger partial charge in [0.1, 0.15) is 24.8 Å². The number of nitrogens with two attached hydrogens (primary N) is 1. The lowest BCUT2D eigenvalue weighted by molar-refractivity contribution is 0.227. The van der Waals surface area contributed by atoms with Crippen LogP contribution in [0.1, 0.15) is 55.2 Å². The highest BCUT2D eigenvalue weighted by atomic mass is 19.1. The number of rotatable bonds is 1. The first-order valence-electron chi connectivity index (χ1n) is 10.7. The van der Waals surface area contributed by atoms with Crippen LogP contribution >= 0.6 is 0 Å². The number of ether oxygens (including phenoxy) is 1. The van der Waals surface area contributed by atoms with Crippen LogP contribution in [0.4, 0.5) is 10.2 Å². The van der Waals surface area contributed by atoms with Gasteiger partial charge in [0.05, 0.1) is 11.3 Å². The summed E-state index contributed by atoms with van der Waals surface area (Å²) in [5.74, 6) is 1.95. The average molecular weight is 432 g/mol. The summed E-state index contributed by atoms with van der Waals surface area (Å²) in [7, 11) is 0. The Morgan fingerprint density at radius 1 is 1.19 bits per heavy atom. The minimum absolute atomic E-state index is 0.266. The number of benzene rings is 1. The molecule has 4 aromatic rings. The van der Waals surface area contributed by atoms with Crippen molar-refractivity contribution >= 4 is 5.82 Å². The molecule has 6 rings (SSSR count). The van der Waals surface area contributed by atoms with E-state index in [2.05, 4.69) is 20.2 Å². The third-order valence-electron chi connectivity index (χ3n) is 6.36. The highest BCUT2D eigenvalue weighted by molar-refractivity contribution is 5.72. The Kier molecular flexibility index (Phi) is 4.24. The van der Waals surface area contributed by atoms with Crippen molar-refractivity contribution < 1.29 is 13.7 Å². The standard InChI is InChI=1S/C23H21FN6O2/c1-12-17-8-15(24)5-6-16(17)23-27-11-28-30(23)10-19-20(21(29-32-19)13-3-2-4-13)14-7-18(31-12)22(25)26-9-14/h5-9,11-13H,2-4,10H2,1H3,(H2,25,26)/t12-/m1/s1. The predicted octanol–water partition coefficient (Wildman–Crippen LogP) is 4.49. The first-order valence-corrected chi connectivity index (χ1v) is 10.7. The van der Waals surface area contributed by atoms with Crippen molar-refractivity contribution in [1.82, 2.24) is 24.9 Å². The number of nitrogens with zero attached hydrogens (tertiary/aromatic N) is 5. The van der Waals surface area contributed by atoms with Crippen LogP contribution in [-0.4, -0.2) is 24.9 Å². The van der Waals surface area contributed by atoms with Crippen LogP contribution in [0.3, 0.4) is 0 Å². The molecule has 1 atom stereocenters. The first kappa shape index (κ1) is 19.0. The van der Waals surface area contributed by atoms with Gasteiger partial charge >= 0.3 is 0 Å². The van der Waals surface area contributed by atoms with Crippen molar-refractivity contribution in [3.8, 4) is 28.3 Å². The molecule has 0 amide bonds. The molecule has 32 heavy (non-hydrogen) atoms. The quantitative estimate of drug-likeness (QED) is 0.473. The summed E-state index contributed by atoms with van der Waals surface area (Å²) < 4.78 is 28.0. The van der Waals surface area contributed by atoms with Crippen molar-refractivity contribution in [3.05, 3.63) is 59.6 Å². The number of hydrogen-bond donors (Lipinski definition) is 1. The average Bonchev–Trinajstić information content (AvgIpc) is 3.35. The minimum Gasteiger partial charge on any atom is -0.482 e. The lowest BCUT2D eigenvalue weighted by atomic mass is 9.80. The summed E-state index contributed by atoms with van der Waals surface area (Å²) in [4.78, 5) is 8.82.